The average molecular weight is 351 g/mol. The lowest BCUT2D eigenvalue weighted by molar-refractivity contribution is -0.143. The maximum atomic E-state index is 13.0. The van der Waals surface area contributed by atoms with Crippen LogP contribution < -0.4 is 0 Å². The highest BCUT2D eigenvalue weighted by molar-refractivity contribution is 5.94. The molecule has 1 aromatic carbocycles. The molecule has 4 rings (SSSR count). The SMILES string of the molecule is Cc1cc(C)n2nc(C(=O)N3CCc4ccccc4C3C(=O)O)nc2n1. The molecule has 132 valence electrons. The molecular formula is C18H17N5O3. The van der Waals surface area contributed by atoms with E-state index >= 15 is 0 Å². The van der Waals surface area contributed by atoms with Crippen LogP contribution in [0.1, 0.15) is 39.2 Å². The van der Waals surface area contributed by atoms with Crippen LogP contribution in [0.5, 0.6) is 0 Å². The topological polar surface area (TPSA) is 101 Å². The molecule has 1 N–H and O–H groups in total. The van der Waals surface area contributed by atoms with Crippen molar-refractivity contribution in [2.75, 3.05) is 6.54 Å². The lowest BCUT2D eigenvalue weighted by Crippen LogP contribution is -2.44. The molecule has 3 heterocycles. The minimum absolute atomic E-state index is 0.0446. The monoisotopic (exact) mass is 351 g/mol. The van der Waals surface area contributed by atoms with Gasteiger partial charge in [-0.05, 0) is 37.5 Å². The van der Waals surface area contributed by atoms with Gasteiger partial charge < -0.3 is 10.0 Å². The highest BCUT2D eigenvalue weighted by Crippen LogP contribution is 2.30. The van der Waals surface area contributed by atoms with Gasteiger partial charge in [0.1, 0.15) is 0 Å². The third kappa shape index (κ3) is 2.50. The molecule has 8 nitrogen and oxygen atoms in total. The summed E-state index contributed by atoms with van der Waals surface area (Å²) in [6, 6.07) is 8.09. The number of rotatable bonds is 2. The van der Waals surface area contributed by atoms with E-state index in [1.165, 1.54) is 9.42 Å². The van der Waals surface area contributed by atoms with Crippen LogP contribution in [0, 0.1) is 13.8 Å². The zero-order chi connectivity index (χ0) is 18.4. The molecule has 0 saturated carbocycles. The van der Waals surface area contributed by atoms with Crippen molar-refractivity contribution in [3.8, 4) is 0 Å². The fraction of sp³-hybridized carbons (Fsp3) is 0.278. The Morgan fingerprint density at radius 1 is 1.19 bits per heavy atom. The van der Waals surface area contributed by atoms with Crippen molar-refractivity contribution in [1.29, 1.82) is 0 Å². The highest BCUT2D eigenvalue weighted by atomic mass is 16.4. The van der Waals surface area contributed by atoms with Crippen LogP contribution in [-0.4, -0.2) is 48.0 Å². The summed E-state index contributed by atoms with van der Waals surface area (Å²) in [4.78, 5) is 34.7. The van der Waals surface area contributed by atoms with E-state index in [2.05, 4.69) is 15.1 Å². The first-order valence-electron chi connectivity index (χ1n) is 8.28. The third-order valence-corrected chi connectivity index (χ3v) is 4.59. The summed E-state index contributed by atoms with van der Waals surface area (Å²) in [7, 11) is 0. The molecule has 3 aromatic rings. The third-order valence-electron chi connectivity index (χ3n) is 4.59. The number of carboxylic acid groups (broad SMARTS) is 1. The van der Waals surface area contributed by atoms with E-state index in [0.29, 0.717) is 24.3 Å². The number of carbonyl (C=O) groups excluding carboxylic acids is 1. The lowest BCUT2D eigenvalue weighted by Gasteiger charge is -2.33. The van der Waals surface area contributed by atoms with Gasteiger partial charge in [0.2, 0.25) is 5.82 Å². The Hall–Kier alpha value is -3.29. The summed E-state index contributed by atoms with van der Waals surface area (Å²) in [6.45, 7) is 3.99. The van der Waals surface area contributed by atoms with Crippen molar-refractivity contribution in [3.63, 3.8) is 0 Å². The average Bonchev–Trinajstić information content (AvgIpc) is 3.04. The molecule has 1 aliphatic rings. The Kier molecular flexibility index (Phi) is 3.68. The number of benzene rings is 1. The van der Waals surface area contributed by atoms with Crippen molar-refractivity contribution < 1.29 is 14.7 Å². The zero-order valence-electron chi connectivity index (χ0n) is 14.4. The first-order chi connectivity index (χ1) is 12.5. The maximum Gasteiger partial charge on any atom is 0.331 e. The van der Waals surface area contributed by atoms with Crippen molar-refractivity contribution in [3.05, 3.63) is 58.7 Å². The summed E-state index contributed by atoms with van der Waals surface area (Å²) in [5, 5.41) is 14.0. The number of carbonyl (C=O) groups is 2. The zero-order valence-corrected chi connectivity index (χ0v) is 14.4. The van der Waals surface area contributed by atoms with Crippen LogP contribution in [-0.2, 0) is 11.2 Å². The van der Waals surface area contributed by atoms with Crippen molar-refractivity contribution in [1.82, 2.24) is 24.5 Å². The fourth-order valence-electron chi connectivity index (χ4n) is 3.44. The summed E-state index contributed by atoms with van der Waals surface area (Å²) in [5.74, 6) is -1.29. The number of aromatic nitrogens is 4. The number of aryl methyl sites for hydroxylation is 2. The minimum Gasteiger partial charge on any atom is -0.479 e. The fourth-order valence-corrected chi connectivity index (χ4v) is 3.44. The van der Waals surface area contributed by atoms with Gasteiger partial charge in [-0.25, -0.2) is 14.3 Å². The molecule has 1 aliphatic heterocycles. The van der Waals surface area contributed by atoms with Gasteiger partial charge in [0, 0.05) is 17.9 Å². The molecule has 0 spiro atoms. The maximum absolute atomic E-state index is 13.0. The van der Waals surface area contributed by atoms with E-state index in [1.807, 2.05) is 32.0 Å². The van der Waals surface area contributed by atoms with Gasteiger partial charge in [-0.15, -0.1) is 5.10 Å². The van der Waals surface area contributed by atoms with Crippen molar-refractivity contribution in [2.24, 2.45) is 0 Å². The lowest BCUT2D eigenvalue weighted by atomic mass is 9.92. The van der Waals surface area contributed by atoms with Gasteiger partial charge in [-0.2, -0.15) is 4.98 Å². The molecule has 1 atom stereocenters. The molecule has 1 unspecified atom stereocenters. The second-order valence-corrected chi connectivity index (χ2v) is 6.37. The predicted octanol–water partition coefficient (Wildman–Crippen LogP) is 1.57. The highest BCUT2D eigenvalue weighted by Gasteiger charge is 2.37. The molecule has 26 heavy (non-hydrogen) atoms. The van der Waals surface area contributed by atoms with Crippen LogP contribution in [0.2, 0.25) is 0 Å². The molecule has 1 amide bonds. The Morgan fingerprint density at radius 2 is 1.96 bits per heavy atom. The molecule has 0 saturated heterocycles. The number of aliphatic carboxylic acids is 1. The standard InChI is InChI=1S/C18H17N5O3/c1-10-9-11(2)23-18(19-10)20-15(21-23)16(24)22-8-7-12-5-3-4-6-13(12)14(22)17(25)26/h3-6,9,14H,7-8H2,1-2H3,(H,25,26). The van der Waals surface area contributed by atoms with E-state index in [4.69, 9.17) is 0 Å². The molecule has 8 heteroatoms. The Morgan fingerprint density at radius 3 is 2.73 bits per heavy atom. The van der Waals surface area contributed by atoms with Crippen LogP contribution in [0.4, 0.5) is 0 Å². The first kappa shape index (κ1) is 16.2. The second-order valence-electron chi connectivity index (χ2n) is 6.37. The van der Waals surface area contributed by atoms with Crippen molar-refractivity contribution in [2.45, 2.75) is 26.3 Å². The number of fused-ring (bicyclic) bond motifs is 2. The quantitative estimate of drug-likeness (QED) is 0.752. The smallest absolute Gasteiger partial charge is 0.331 e. The summed E-state index contributed by atoms with van der Waals surface area (Å²) >= 11 is 0. The van der Waals surface area contributed by atoms with Crippen LogP contribution >= 0.6 is 0 Å². The summed E-state index contributed by atoms with van der Waals surface area (Å²) < 4.78 is 1.49. The van der Waals surface area contributed by atoms with Gasteiger partial charge in [0.25, 0.3) is 11.7 Å². The Balaban J connectivity index is 1.76. The number of hydrogen-bond acceptors (Lipinski definition) is 5. The Bertz CT molecular complexity index is 1040. The normalized spacial score (nSPS) is 16.5. The van der Waals surface area contributed by atoms with Gasteiger partial charge in [0.05, 0.1) is 0 Å². The van der Waals surface area contributed by atoms with Gasteiger partial charge in [0.15, 0.2) is 6.04 Å². The van der Waals surface area contributed by atoms with E-state index in [1.54, 1.807) is 12.1 Å². The van der Waals surface area contributed by atoms with Crippen LogP contribution in [0.15, 0.2) is 30.3 Å². The summed E-state index contributed by atoms with van der Waals surface area (Å²) in [6.07, 6.45) is 0.593. The second kappa shape index (κ2) is 5.91. The van der Waals surface area contributed by atoms with E-state index in [9.17, 15) is 14.7 Å². The Labute approximate surface area is 149 Å². The molecule has 0 aliphatic carbocycles. The van der Waals surface area contributed by atoms with E-state index in [0.717, 1.165) is 17.0 Å². The number of nitrogens with zero attached hydrogens (tertiary/aromatic N) is 5. The predicted molar refractivity (Wildman–Crippen MR) is 91.8 cm³/mol. The van der Waals surface area contributed by atoms with E-state index in [-0.39, 0.29) is 5.82 Å². The van der Waals surface area contributed by atoms with Gasteiger partial charge in [-0.1, -0.05) is 24.3 Å². The van der Waals surface area contributed by atoms with Gasteiger partial charge in [-0.3, -0.25) is 4.79 Å². The van der Waals surface area contributed by atoms with Crippen LogP contribution in [0.3, 0.4) is 0 Å². The van der Waals surface area contributed by atoms with Crippen LogP contribution in [0.25, 0.3) is 5.78 Å². The van der Waals surface area contributed by atoms with E-state index < -0.39 is 17.9 Å². The summed E-state index contributed by atoms with van der Waals surface area (Å²) in [5.41, 5.74) is 3.16. The number of hydrogen-bond donors (Lipinski definition) is 1. The number of carboxylic acids is 1. The molecule has 0 fully saturated rings. The molecule has 2 aromatic heterocycles. The van der Waals surface area contributed by atoms with Gasteiger partial charge >= 0.3 is 5.97 Å². The largest absolute Gasteiger partial charge is 0.479 e. The van der Waals surface area contributed by atoms with Crippen molar-refractivity contribution >= 4 is 17.7 Å². The minimum atomic E-state index is -1.07. The first-order valence-corrected chi connectivity index (χ1v) is 8.28. The molecule has 0 radical (unpaired) electrons. The molecule has 0 bridgehead atoms. The molecular weight excluding hydrogens is 334 g/mol. The number of amides is 1.